The van der Waals surface area contributed by atoms with E-state index in [0.29, 0.717) is 0 Å². The number of halogens is 1. The van der Waals surface area contributed by atoms with Gasteiger partial charge in [-0.1, -0.05) is 49.2 Å². The lowest BCUT2D eigenvalue weighted by molar-refractivity contribution is -0.384. The van der Waals surface area contributed by atoms with Crippen LogP contribution < -0.4 is 9.62 Å². The maximum Gasteiger partial charge on any atom is 0.269 e. The van der Waals surface area contributed by atoms with Crippen molar-refractivity contribution in [3.63, 3.8) is 0 Å². The molecular weight excluding hydrogens is 551 g/mol. The fraction of sp³-hybridized carbons (Fsp3) is 0.310. The molecule has 216 valence electrons. The minimum absolute atomic E-state index is 0.0155. The predicted octanol–water partition coefficient (Wildman–Crippen LogP) is 4.41. The van der Waals surface area contributed by atoms with E-state index in [9.17, 15) is 32.5 Å². The topological polar surface area (TPSA) is 130 Å². The van der Waals surface area contributed by atoms with Crippen molar-refractivity contribution >= 4 is 33.2 Å². The van der Waals surface area contributed by atoms with Crippen molar-refractivity contribution in [3.8, 4) is 0 Å². The monoisotopic (exact) mass is 582 g/mol. The van der Waals surface area contributed by atoms with Gasteiger partial charge in [0.15, 0.2) is 0 Å². The number of anilines is 1. The molecule has 1 saturated carbocycles. The third kappa shape index (κ3) is 7.07. The van der Waals surface area contributed by atoms with Crippen molar-refractivity contribution in [2.24, 2.45) is 0 Å². The van der Waals surface area contributed by atoms with E-state index < -0.39 is 45.2 Å². The van der Waals surface area contributed by atoms with Crippen LogP contribution in [0, 0.1) is 15.9 Å². The summed E-state index contributed by atoms with van der Waals surface area (Å²) < 4.78 is 43.0. The third-order valence-electron chi connectivity index (χ3n) is 7.13. The number of rotatable bonds is 11. The van der Waals surface area contributed by atoms with Crippen LogP contribution >= 0.6 is 0 Å². The quantitative estimate of drug-likeness (QED) is 0.263. The summed E-state index contributed by atoms with van der Waals surface area (Å²) in [6, 6.07) is 17.0. The van der Waals surface area contributed by atoms with Gasteiger partial charge >= 0.3 is 0 Å². The summed E-state index contributed by atoms with van der Waals surface area (Å²) in [4.78, 5) is 38.7. The van der Waals surface area contributed by atoms with Gasteiger partial charge in [0, 0.05) is 30.3 Å². The van der Waals surface area contributed by atoms with Crippen molar-refractivity contribution in [2.75, 3.05) is 10.8 Å². The zero-order valence-corrected chi connectivity index (χ0v) is 23.3. The molecule has 0 bridgehead atoms. The van der Waals surface area contributed by atoms with Crippen LogP contribution in [0.15, 0.2) is 83.8 Å². The zero-order chi connectivity index (χ0) is 29.6. The highest BCUT2D eigenvalue weighted by Gasteiger charge is 2.33. The van der Waals surface area contributed by atoms with Crippen LogP contribution in [0.1, 0.15) is 38.2 Å². The summed E-state index contributed by atoms with van der Waals surface area (Å²) in [5.41, 5.74) is -0.0774. The first-order valence-electron chi connectivity index (χ1n) is 13.2. The molecule has 1 atom stereocenters. The van der Waals surface area contributed by atoms with Gasteiger partial charge in [-0.15, -0.1) is 0 Å². The van der Waals surface area contributed by atoms with Crippen LogP contribution in [0.2, 0.25) is 0 Å². The van der Waals surface area contributed by atoms with Crippen LogP contribution in [0.4, 0.5) is 15.8 Å². The zero-order valence-electron chi connectivity index (χ0n) is 22.5. The van der Waals surface area contributed by atoms with Crippen molar-refractivity contribution in [2.45, 2.75) is 56.1 Å². The highest BCUT2D eigenvalue weighted by Crippen LogP contribution is 2.27. The standard InChI is InChI=1S/C29H31FN4O6S/c1-21(29(36)31-23-10-6-7-11-23)32(19-22-9-5-8-14-27(22)30)28(35)20-33(24-15-17-25(18-16-24)34(37)38)41(39,40)26-12-3-2-4-13-26/h2-5,8-9,12-18,21,23H,6-7,10-11,19-20H2,1H3,(H,31,36). The smallest absolute Gasteiger partial charge is 0.269 e. The highest BCUT2D eigenvalue weighted by molar-refractivity contribution is 7.92. The molecule has 0 aromatic heterocycles. The molecule has 1 fully saturated rings. The van der Waals surface area contributed by atoms with E-state index >= 15 is 0 Å². The second-order valence-corrected chi connectivity index (χ2v) is 11.7. The highest BCUT2D eigenvalue weighted by atomic mass is 32.2. The number of non-ortho nitro benzene ring substituents is 1. The summed E-state index contributed by atoms with van der Waals surface area (Å²) in [5.74, 6) is -1.74. The van der Waals surface area contributed by atoms with Gasteiger partial charge in [0.05, 0.1) is 15.5 Å². The molecule has 2 amide bonds. The molecule has 0 aliphatic heterocycles. The van der Waals surface area contributed by atoms with Crippen LogP contribution in [0.25, 0.3) is 0 Å². The molecule has 1 aliphatic rings. The number of hydrogen-bond acceptors (Lipinski definition) is 6. The van der Waals surface area contributed by atoms with E-state index in [4.69, 9.17) is 0 Å². The fourth-order valence-electron chi connectivity index (χ4n) is 4.77. The van der Waals surface area contributed by atoms with E-state index in [1.807, 2.05) is 0 Å². The van der Waals surface area contributed by atoms with Crippen LogP contribution in [-0.2, 0) is 26.2 Å². The molecule has 0 spiro atoms. The predicted molar refractivity (Wildman–Crippen MR) is 151 cm³/mol. The summed E-state index contributed by atoms with van der Waals surface area (Å²) >= 11 is 0. The van der Waals surface area contributed by atoms with Crippen molar-refractivity contribution < 1.29 is 27.3 Å². The van der Waals surface area contributed by atoms with Crippen molar-refractivity contribution in [1.82, 2.24) is 10.2 Å². The Labute approximate surface area is 238 Å². The number of benzene rings is 3. The molecule has 3 aromatic carbocycles. The van der Waals surface area contributed by atoms with Crippen LogP contribution in [0.5, 0.6) is 0 Å². The van der Waals surface area contributed by atoms with E-state index in [0.717, 1.165) is 47.0 Å². The Hall–Kier alpha value is -4.32. The van der Waals surface area contributed by atoms with E-state index in [-0.39, 0.29) is 34.4 Å². The number of nitrogens with one attached hydrogen (secondary N) is 1. The molecule has 0 saturated heterocycles. The molecule has 10 nitrogen and oxygen atoms in total. The van der Waals surface area contributed by atoms with Gasteiger partial charge in [-0.25, -0.2) is 12.8 Å². The number of hydrogen-bond donors (Lipinski definition) is 1. The Morgan fingerprint density at radius 1 is 1.00 bits per heavy atom. The van der Waals surface area contributed by atoms with Crippen molar-refractivity contribution in [1.29, 1.82) is 0 Å². The second-order valence-electron chi connectivity index (χ2n) is 9.88. The van der Waals surface area contributed by atoms with Crippen LogP contribution in [-0.4, -0.2) is 48.7 Å². The summed E-state index contributed by atoms with van der Waals surface area (Å²) in [7, 11) is -4.32. The average molecular weight is 583 g/mol. The number of nitrogens with zero attached hydrogens (tertiary/aromatic N) is 3. The van der Waals surface area contributed by atoms with Gasteiger partial charge in [-0.05, 0) is 50.1 Å². The molecule has 12 heteroatoms. The summed E-state index contributed by atoms with van der Waals surface area (Å²) in [6.07, 6.45) is 3.61. The van der Waals surface area contributed by atoms with E-state index in [1.54, 1.807) is 12.1 Å². The van der Waals surface area contributed by atoms with Gasteiger partial charge in [0.25, 0.3) is 15.7 Å². The Morgan fingerprint density at radius 2 is 1.61 bits per heavy atom. The Bertz CT molecular complexity index is 1500. The van der Waals surface area contributed by atoms with Crippen LogP contribution in [0.3, 0.4) is 0 Å². The minimum Gasteiger partial charge on any atom is -0.352 e. The number of nitro groups is 1. The molecule has 1 N–H and O–H groups in total. The Balaban J connectivity index is 1.70. The van der Waals surface area contributed by atoms with Crippen molar-refractivity contribution in [3.05, 3.63) is 100 Å². The number of sulfonamides is 1. The first-order chi connectivity index (χ1) is 19.6. The Morgan fingerprint density at radius 3 is 2.22 bits per heavy atom. The molecule has 3 aromatic rings. The lowest BCUT2D eigenvalue weighted by Gasteiger charge is -2.32. The minimum atomic E-state index is -4.32. The Kier molecular flexibility index (Phi) is 9.33. The third-order valence-corrected chi connectivity index (χ3v) is 8.91. The number of amides is 2. The van der Waals surface area contributed by atoms with E-state index in [2.05, 4.69) is 5.32 Å². The van der Waals surface area contributed by atoms with Gasteiger partial charge < -0.3 is 10.2 Å². The van der Waals surface area contributed by atoms with Gasteiger partial charge in [0.2, 0.25) is 11.8 Å². The average Bonchev–Trinajstić information content (AvgIpc) is 3.48. The molecule has 0 heterocycles. The maximum atomic E-state index is 14.6. The van der Waals surface area contributed by atoms with E-state index in [1.165, 1.54) is 61.5 Å². The normalized spacial score (nSPS) is 14.3. The van der Waals surface area contributed by atoms with Gasteiger partial charge in [-0.3, -0.25) is 24.0 Å². The SMILES string of the molecule is CC(C(=O)NC1CCCC1)N(Cc1ccccc1F)C(=O)CN(c1ccc([N+](=O)[O-])cc1)S(=O)(=O)c1ccccc1. The first kappa shape index (κ1) is 29.7. The summed E-state index contributed by atoms with van der Waals surface area (Å²) in [6.45, 7) is 0.514. The lowest BCUT2D eigenvalue weighted by atomic mass is 10.1. The lowest BCUT2D eigenvalue weighted by Crippen LogP contribution is -2.52. The first-order valence-corrected chi connectivity index (χ1v) is 14.7. The maximum absolute atomic E-state index is 14.6. The summed E-state index contributed by atoms with van der Waals surface area (Å²) in [5, 5.41) is 14.1. The molecule has 1 aliphatic carbocycles. The van der Waals surface area contributed by atoms with Gasteiger partial charge in [0.1, 0.15) is 18.4 Å². The largest absolute Gasteiger partial charge is 0.352 e. The molecule has 1 unspecified atom stereocenters. The molecule has 0 radical (unpaired) electrons. The van der Waals surface area contributed by atoms with Gasteiger partial charge in [-0.2, -0.15) is 0 Å². The number of carbonyl (C=O) groups is 2. The molecule has 41 heavy (non-hydrogen) atoms. The second kappa shape index (κ2) is 12.9. The molecular formula is C29H31FN4O6S. The fourth-order valence-corrected chi connectivity index (χ4v) is 6.21. The number of nitro benzene ring substituents is 1. The molecule has 4 rings (SSSR count). The number of carbonyl (C=O) groups excluding carboxylic acids is 2.